The third-order valence-corrected chi connectivity index (χ3v) is 4.02. The Kier molecular flexibility index (Phi) is 4.02. The molecule has 0 saturated carbocycles. The van der Waals surface area contributed by atoms with E-state index in [2.05, 4.69) is 25.3 Å². The predicted octanol–water partition coefficient (Wildman–Crippen LogP) is -1.81. The van der Waals surface area contributed by atoms with Crippen LogP contribution in [0.4, 0.5) is 5.95 Å². The molecule has 2 aliphatic heterocycles. The van der Waals surface area contributed by atoms with Gasteiger partial charge in [-0.25, -0.2) is 4.68 Å². The molecule has 0 N–H and O–H groups in total. The number of ether oxygens (including phenoxy) is 1. The van der Waals surface area contributed by atoms with Gasteiger partial charge in [-0.2, -0.15) is 0 Å². The lowest BCUT2D eigenvalue weighted by Gasteiger charge is -2.38. The first kappa shape index (κ1) is 14.2. The number of carbonyl (C=O) groups excluding carboxylic acids is 1. The third-order valence-electron chi connectivity index (χ3n) is 4.02. The molecule has 1 unspecified atom stereocenters. The number of morpholine rings is 1. The Morgan fingerprint density at radius 1 is 1.19 bits per heavy atom. The number of hydrogen-bond donors (Lipinski definition) is 0. The van der Waals surface area contributed by atoms with Crippen molar-refractivity contribution in [1.29, 1.82) is 0 Å². The third kappa shape index (κ3) is 2.98. The molecule has 0 spiro atoms. The van der Waals surface area contributed by atoms with Crippen LogP contribution in [-0.2, 0) is 16.6 Å². The second-order valence-corrected chi connectivity index (χ2v) is 5.54. The fourth-order valence-electron chi connectivity index (χ4n) is 2.75. The minimum atomic E-state index is -0.327. The Labute approximate surface area is 123 Å². The van der Waals surface area contributed by atoms with E-state index in [0.29, 0.717) is 26.2 Å². The fourth-order valence-corrected chi connectivity index (χ4v) is 2.75. The highest BCUT2D eigenvalue weighted by molar-refractivity contribution is 5.81. The van der Waals surface area contributed by atoms with Crippen molar-refractivity contribution in [3.8, 4) is 0 Å². The number of hydrogen-bond acceptors (Lipinski definition) is 7. The van der Waals surface area contributed by atoms with Crippen LogP contribution < -0.4 is 4.90 Å². The van der Waals surface area contributed by atoms with E-state index in [-0.39, 0.29) is 12.0 Å². The second-order valence-electron chi connectivity index (χ2n) is 5.54. The Balaban J connectivity index is 1.55. The summed E-state index contributed by atoms with van der Waals surface area (Å²) in [7, 11) is 3.83. The highest BCUT2D eigenvalue weighted by Gasteiger charge is 2.31. The number of amides is 1. The van der Waals surface area contributed by atoms with E-state index in [1.807, 2.05) is 19.0 Å². The maximum absolute atomic E-state index is 12.5. The molecule has 2 saturated heterocycles. The van der Waals surface area contributed by atoms with Crippen LogP contribution in [0.15, 0.2) is 0 Å². The Hall–Kier alpha value is -1.74. The van der Waals surface area contributed by atoms with Crippen LogP contribution in [-0.4, -0.2) is 94.9 Å². The number of aromatic nitrogens is 4. The van der Waals surface area contributed by atoms with E-state index >= 15 is 0 Å². The van der Waals surface area contributed by atoms with Gasteiger partial charge in [0.2, 0.25) is 5.95 Å². The second kappa shape index (κ2) is 5.94. The van der Waals surface area contributed by atoms with Crippen molar-refractivity contribution in [3.63, 3.8) is 0 Å². The van der Waals surface area contributed by atoms with Crippen molar-refractivity contribution >= 4 is 11.9 Å². The zero-order valence-electron chi connectivity index (χ0n) is 12.5. The zero-order chi connectivity index (χ0) is 14.8. The van der Waals surface area contributed by atoms with Crippen molar-refractivity contribution in [2.75, 3.05) is 57.8 Å². The molecule has 1 aromatic rings. The molecule has 1 amide bonds. The Bertz CT molecular complexity index is 498. The zero-order valence-corrected chi connectivity index (χ0v) is 12.5. The van der Waals surface area contributed by atoms with Crippen molar-refractivity contribution in [3.05, 3.63) is 0 Å². The largest absolute Gasteiger partial charge is 0.366 e. The molecule has 0 bridgehead atoms. The first-order valence-corrected chi connectivity index (χ1v) is 7.21. The van der Waals surface area contributed by atoms with Crippen LogP contribution in [0.5, 0.6) is 0 Å². The van der Waals surface area contributed by atoms with Crippen LogP contribution in [0.2, 0.25) is 0 Å². The van der Waals surface area contributed by atoms with Gasteiger partial charge >= 0.3 is 0 Å². The predicted molar refractivity (Wildman–Crippen MR) is 74.8 cm³/mol. The van der Waals surface area contributed by atoms with Crippen LogP contribution >= 0.6 is 0 Å². The number of nitrogens with zero attached hydrogens (tertiary/aromatic N) is 7. The van der Waals surface area contributed by atoms with Crippen LogP contribution in [0.3, 0.4) is 0 Å². The van der Waals surface area contributed by atoms with E-state index in [4.69, 9.17) is 4.74 Å². The molecular weight excluding hydrogens is 274 g/mol. The molecule has 2 fully saturated rings. The molecular formula is C12H21N7O2. The molecule has 0 aromatic carbocycles. The summed E-state index contributed by atoms with van der Waals surface area (Å²) >= 11 is 0. The summed E-state index contributed by atoms with van der Waals surface area (Å²) < 4.78 is 7.25. The quantitative estimate of drug-likeness (QED) is 0.636. The Morgan fingerprint density at radius 2 is 1.95 bits per heavy atom. The van der Waals surface area contributed by atoms with E-state index < -0.39 is 0 Å². The molecule has 1 atom stereocenters. The van der Waals surface area contributed by atoms with E-state index in [0.717, 1.165) is 25.6 Å². The van der Waals surface area contributed by atoms with Crippen molar-refractivity contribution in [2.24, 2.45) is 7.05 Å². The smallest absolute Gasteiger partial charge is 0.253 e. The molecule has 21 heavy (non-hydrogen) atoms. The van der Waals surface area contributed by atoms with Gasteiger partial charge in [0.05, 0.1) is 6.61 Å². The van der Waals surface area contributed by atoms with Crippen LogP contribution in [0, 0.1) is 0 Å². The van der Waals surface area contributed by atoms with Crippen molar-refractivity contribution < 1.29 is 9.53 Å². The summed E-state index contributed by atoms with van der Waals surface area (Å²) in [6.07, 6.45) is -0.327. The number of rotatable bonds is 2. The molecule has 0 aliphatic carbocycles. The van der Waals surface area contributed by atoms with Gasteiger partial charge in [-0.15, -0.1) is 0 Å². The number of anilines is 1. The summed E-state index contributed by atoms with van der Waals surface area (Å²) in [6, 6.07) is 0. The molecule has 9 nitrogen and oxygen atoms in total. The summed E-state index contributed by atoms with van der Waals surface area (Å²) in [5.74, 6) is 0.841. The maximum atomic E-state index is 12.5. The van der Waals surface area contributed by atoms with Gasteiger partial charge in [0.1, 0.15) is 6.10 Å². The first-order valence-electron chi connectivity index (χ1n) is 7.21. The van der Waals surface area contributed by atoms with Gasteiger partial charge in [-0.1, -0.05) is 5.10 Å². The average Bonchev–Trinajstić information content (AvgIpc) is 2.93. The van der Waals surface area contributed by atoms with Gasteiger partial charge < -0.3 is 19.4 Å². The number of tetrazole rings is 1. The first-order chi connectivity index (χ1) is 10.1. The van der Waals surface area contributed by atoms with Crippen LogP contribution in [0.25, 0.3) is 0 Å². The maximum Gasteiger partial charge on any atom is 0.253 e. The standard InChI is InChI=1S/C12H21N7O2/c1-16-7-8-21-10(9-16)11(20)18-3-5-19(6-4-18)12-13-14-15-17(12)2/h10H,3-9H2,1-2H3. The van der Waals surface area contributed by atoms with Gasteiger partial charge in [0.25, 0.3) is 5.91 Å². The lowest BCUT2D eigenvalue weighted by Crippen LogP contribution is -2.55. The SMILES string of the molecule is CN1CCOC(C(=O)N2CCN(c3nnnn3C)CC2)C1. The Morgan fingerprint density at radius 3 is 2.57 bits per heavy atom. The van der Waals surface area contributed by atoms with E-state index in [1.165, 1.54) is 0 Å². The van der Waals surface area contributed by atoms with Crippen molar-refractivity contribution in [2.45, 2.75) is 6.10 Å². The number of likely N-dealkylation sites (N-methyl/N-ethyl adjacent to an activating group) is 1. The van der Waals surface area contributed by atoms with Gasteiger partial charge in [-0.3, -0.25) is 4.79 Å². The van der Waals surface area contributed by atoms with Gasteiger partial charge in [-0.05, 0) is 17.5 Å². The molecule has 9 heteroatoms. The summed E-state index contributed by atoms with van der Waals surface area (Å²) in [5.41, 5.74) is 0. The molecule has 2 aliphatic rings. The molecule has 3 rings (SSSR count). The van der Waals surface area contributed by atoms with E-state index in [9.17, 15) is 4.79 Å². The number of aryl methyl sites for hydroxylation is 1. The number of piperazine rings is 1. The minimum absolute atomic E-state index is 0.0947. The van der Waals surface area contributed by atoms with Gasteiger partial charge in [0, 0.05) is 46.3 Å². The monoisotopic (exact) mass is 295 g/mol. The van der Waals surface area contributed by atoms with Crippen LogP contribution in [0.1, 0.15) is 0 Å². The minimum Gasteiger partial charge on any atom is -0.366 e. The lowest BCUT2D eigenvalue weighted by molar-refractivity contribution is -0.149. The molecule has 0 radical (unpaired) electrons. The molecule has 116 valence electrons. The average molecular weight is 295 g/mol. The highest BCUT2D eigenvalue weighted by atomic mass is 16.5. The highest BCUT2D eigenvalue weighted by Crippen LogP contribution is 2.13. The van der Waals surface area contributed by atoms with Crippen molar-refractivity contribution in [1.82, 2.24) is 30.0 Å². The van der Waals surface area contributed by atoms with Gasteiger partial charge in [0.15, 0.2) is 0 Å². The lowest BCUT2D eigenvalue weighted by atomic mass is 10.2. The normalized spacial score (nSPS) is 24.4. The molecule has 1 aromatic heterocycles. The van der Waals surface area contributed by atoms with E-state index in [1.54, 1.807) is 4.68 Å². The molecule has 3 heterocycles. The number of carbonyl (C=O) groups is 1. The summed E-state index contributed by atoms with van der Waals surface area (Å²) in [4.78, 5) is 18.6. The topological polar surface area (TPSA) is 79.6 Å². The summed E-state index contributed by atoms with van der Waals surface area (Å²) in [5, 5.41) is 11.5. The fraction of sp³-hybridized carbons (Fsp3) is 0.833. The summed E-state index contributed by atoms with van der Waals surface area (Å²) in [6.45, 7) is 5.01.